The summed E-state index contributed by atoms with van der Waals surface area (Å²) in [4.78, 5) is 32.6. The van der Waals surface area contributed by atoms with E-state index >= 15 is 0 Å². The number of hydrogen-bond acceptors (Lipinski definition) is 4. The van der Waals surface area contributed by atoms with Crippen LogP contribution in [0.5, 0.6) is 0 Å². The Kier molecular flexibility index (Phi) is 7.21. The Labute approximate surface area is 227 Å². The number of aromatic nitrogens is 2. The van der Waals surface area contributed by atoms with Gasteiger partial charge in [0.05, 0.1) is 17.6 Å². The molecule has 208 valence electrons. The molecule has 2 aromatic carbocycles. The number of hydrogen-bond donors (Lipinski definition) is 1. The van der Waals surface area contributed by atoms with E-state index in [0.717, 1.165) is 29.0 Å². The maximum Gasteiger partial charge on any atom is 0.412 e. The van der Waals surface area contributed by atoms with Crippen LogP contribution in [-0.4, -0.2) is 40.9 Å². The first-order valence-corrected chi connectivity index (χ1v) is 12.3. The smallest absolute Gasteiger partial charge is 0.354 e. The van der Waals surface area contributed by atoms with Gasteiger partial charge >= 0.3 is 6.18 Å². The molecule has 5 rings (SSSR count). The van der Waals surface area contributed by atoms with Crippen molar-refractivity contribution in [3.8, 4) is 5.69 Å². The van der Waals surface area contributed by atoms with Crippen LogP contribution in [0.1, 0.15) is 28.4 Å². The first-order chi connectivity index (χ1) is 18.9. The summed E-state index contributed by atoms with van der Waals surface area (Å²) in [5, 5.41) is 1.33. The van der Waals surface area contributed by atoms with Gasteiger partial charge in [0.2, 0.25) is 5.43 Å². The molecule has 13 heteroatoms. The summed E-state index contributed by atoms with van der Waals surface area (Å²) in [5.41, 5.74) is -2.66. The van der Waals surface area contributed by atoms with Crippen LogP contribution >= 0.6 is 11.6 Å². The van der Waals surface area contributed by atoms with Crippen LogP contribution in [0, 0.1) is 11.6 Å². The fourth-order valence-electron chi connectivity index (χ4n) is 4.57. The first kappa shape index (κ1) is 27.5. The van der Waals surface area contributed by atoms with Gasteiger partial charge in [-0.2, -0.15) is 13.2 Å². The van der Waals surface area contributed by atoms with E-state index in [1.54, 1.807) is 4.90 Å². The Morgan fingerprint density at radius 2 is 1.85 bits per heavy atom. The molecule has 1 aliphatic rings. The number of benzene rings is 2. The Bertz CT molecular complexity index is 1680. The number of carbonyl (C=O) groups excluding carboxylic acids is 1. The fraction of sp³-hybridized carbons (Fsp3) is 0.222. The van der Waals surface area contributed by atoms with Crippen LogP contribution < -0.4 is 15.6 Å². The van der Waals surface area contributed by atoms with Crippen LogP contribution in [0.25, 0.3) is 16.7 Å². The highest BCUT2D eigenvalue weighted by atomic mass is 35.5. The zero-order valence-electron chi connectivity index (χ0n) is 20.4. The number of nitrogens with zero attached hydrogens (tertiary/aromatic N) is 3. The minimum atomic E-state index is -4.99. The lowest BCUT2D eigenvalue weighted by atomic mass is 10.1. The molecule has 3 heterocycles. The molecule has 0 aliphatic carbocycles. The average molecular weight is 581 g/mol. The van der Waals surface area contributed by atoms with E-state index < -0.39 is 52.5 Å². The SMILES string of the molecule is O=C(NC(c1ccccc1Cl)C(F)(F)F)c1cn(-c2ccc(F)cc2F)c2nc(N3CC[C@H](F)C3)ccc2c1=O. The lowest BCUT2D eigenvalue weighted by Gasteiger charge is -2.23. The van der Waals surface area contributed by atoms with Gasteiger partial charge in [0.15, 0.2) is 11.7 Å². The minimum absolute atomic E-state index is 0.0367. The number of rotatable bonds is 5. The van der Waals surface area contributed by atoms with Gasteiger partial charge in [-0.1, -0.05) is 29.8 Å². The molecular formula is C27H19ClF6N4O2. The number of carbonyl (C=O) groups is 1. The van der Waals surface area contributed by atoms with E-state index in [-0.39, 0.29) is 40.5 Å². The number of halogens is 7. The van der Waals surface area contributed by atoms with Crippen molar-refractivity contribution in [2.75, 3.05) is 18.0 Å². The van der Waals surface area contributed by atoms with Gasteiger partial charge < -0.3 is 10.2 Å². The summed E-state index contributed by atoms with van der Waals surface area (Å²) in [6.45, 7) is 0.366. The van der Waals surface area contributed by atoms with Crippen molar-refractivity contribution in [3.05, 3.63) is 98.8 Å². The third kappa shape index (κ3) is 5.23. The van der Waals surface area contributed by atoms with Gasteiger partial charge in [-0.05, 0) is 36.8 Å². The monoisotopic (exact) mass is 580 g/mol. The van der Waals surface area contributed by atoms with Crippen molar-refractivity contribution in [3.63, 3.8) is 0 Å². The molecule has 0 radical (unpaired) electrons. The van der Waals surface area contributed by atoms with Crippen molar-refractivity contribution in [1.29, 1.82) is 0 Å². The first-order valence-electron chi connectivity index (χ1n) is 12.0. The number of amides is 1. The molecule has 2 aromatic heterocycles. The molecule has 1 saturated heterocycles. The van der Waals surface area contributed by atoms with Gasteiger partial charge in [0.25, 0.3) is 5.91 Å². The van der Waals surface area contributed by atoms with E-state index in [2.05, 4.69) is 4.98 Å². The lowest BCUT2D eigenvalue weighted by Crippen LogP contribution is -2.40. The Morgan fingerprint density at radius 3 is 2.50 bits per heavy atom. The molecule has 1 N–H and O–H groups in total. The van der Waals surface area contributed by atoms with Gasteiger partial charge in [0.1, 0.15) is 29.2 Å². The van der Waals surface area contributed by atoms with Crippen LogP contribution in [0.2, 0.25) is 5.02 Å². The zero-order valence-corrected chi connectivity index (χ0v) is 21.1. The quantitative estimate of drug-likeness (QED) is 0.299. The number of nitrogens with one attached hydrogen (secondary N) is 1. The summed E-state index contributed by atoms with van der Waals surface area (Å²) in [6.07, 6.45) is -4.99. The molecule has 0 spiro atoms. The van der Waals surface area contributed by atoms with E-state index in [1.165, 1.54) is 30.3 Å². The molecule has 6 nitrogen and oxygen atoms in total. The summed E-state index contributed by atoms with van der Waals surface area (Å²) in [7, 11) is 0. The van der Waals surface area contributed by atoms with Crippen molar-refractivity contribution < 1.29 is 31.1 Å². The topological polar surface area (TPSA) is 67.2 Å². The third-order valence-electron chi connectivity index (χ3n) is 6.52. The van der Waals surface area contributed by atoms with Crippen molar-refractivity contribution in [2.24, 2.45) is 0 Å². The highest BCUT2D eigenvalue weighted by molar-refractivity contribution is 6.31. The van der Waals surface area contributed by atoms with Crippen molar-refractivity contribution in [2.45, 2.75) is 24.8 Å². The van der Waals surface area contributed by atoms with Gasteiger partial charge in [-0.15, -0.1) is 0 Å². The molecule has 40 heavy (non-hydrogen) atoms. The normalized spacial score (nSPS) is 16.4. The molecule has 1 fully saturated rings. The average Bonchev–Trinajstić information content (AvgIpc) is 3.34. The highest BCUT2D eigenvalue weighted by Crippen LogP contribution is 2.36. The maximum atomic E-state index is 14.9. The summed E-state index contributed by atoms with van der Waals surface area (Å²) >= 11 is 5.95. The van der Waals surface area contributed by atoms with E-state index in [9.17, 15) is 35.9 Å². The molecule has 2 atom stereocenters. The largest absolute Gasteiger partial charge is 0.412 e. The van der Waals surface area contributed by atoms with E-state index in [1.807, 2.05) is 5.32 Å². The number of alkyl halides is 4. The summed E-state index contributed by atoms with van der Waals surface area (Å²) in [5.74, 6) is -3.14. The minimum Gasteiger partial charge on any atom is -0.354 e. The van der Waals surface area contributed by atoms with Crippen molar-refractivity contribution >= 4 is 34.4 Å². The number of pyridine rings is 2. The number of anilines is 1. The fourth-order valence-corrected chi connectivity index (χ4v) is 4.82. The van der Waals surface area contributed by atoms with Gasteiger partial charge in [-0.25, -0.2) is 18.2 Å². The van der Waals surface area contributed by atoms with Crippen LogP contribution in [0.3, 0.4) is 0 Å². The Balaban J connectivity index is 1.66. The predicted molar refractivity (Wildman–Crippen MR) is 137 cm³/mol. The highest BCUT2D eigenvalue weighted by Gasteiger charge is 2.43. The molecule has 1 amide bonds. The van der Waals surface area contributed by atoms with Crippen LogP contribution in [0.15, 0.2) is 65.6 Å². The molecule has 4 aromatic rings. The van der Waals surface area contributed by atoms with Gasteiger partial charge in [0, 0.05) is 29.4 Å². The van der Waals surface area contributed by atoms with Crippen molar-refractivity contribution in [1.82, 2.24) is 14.9 Å². The lowest BCUT2D eigenvalue weighted by molar-refractivity contribution is -0.155. The van der Waals surface area contributed by atoms with Crippen LogP contribution in [0.4, 0.5) is 32.2 Å². The maximum absolute atomic E-state index is 14.9. The van der Waals surface area contributed by atoms with Gasteiger partial charge in [-0.3, -0.25) is 14.2 Å². The van der Waals surface area contributed by atoms with E-state index in [0.29, 0.717) is 12.6 Å². The van der Waals surface area contributed by atoms with E-state index in [4.69, 9.17) is 11.6 Å². The number of fused-ring (bicyclic) bond motifs is 1. The second-order valence-electron chi connectivity index (χ2n) is 9.18. The van der Waals surface area contributed by atoms with Crippen LogP contribution in [-0.2, 0) is 0 Å². The second-order valence-corrected chi connectivity index (χ2v) is 9.59. The standard InChI is InChI=1S/C27H19ClF6N4O2/c28-19-4-2-1-3-16(19)24(27(32,33)34)36-26(40)18-13-38(21-7-5-14(29)11-20(21)31)25-17(23(18)39)6-8-22(35-25)37-10-9-15(30)12-37/h1-8,11,13,15,24H,9-10,12H2,(H,36,40)/t15-,24?/m0/s1. The molecule has 1 aliphatic heterocycles. The molecule has 0 bridgehead atoms. The summed E-state index contributed by atoms with van der Waals surface area (Å²) < 4.78 is 85.3. The Morgan fingerprint density at radius 1 is 1.10 bits per heavy atom. The molecule has 0 saturated carbocycles. The third-order valence-corrected chi connectivity index (χ3v) is 6.87. The molecule has 1 unspecified atom stereocenters. The summed E-state index contributed by atoms with van der Waals surface area (Å²) in [6, 6.07) is 7.65. The zero-order chi connectivity index (χ0) is 28.8. The predicted octanol–water partition coefficient (Wildman–Crippen LogP) is 5.90. The second kappa shape index (κ2) is 10.5. The molecular weight excluding hydrogens is 562 g/mol. The Hall–Kier alpha value is -4.06.